The summed E-state index contributed by atoms with van der Waals surface area (Å²) in [5.41, 5.74) is 1.50. The number of carbonyl (C=O) groups excluding carboxylic acids is 3. The van der Waals surface area contributed by atoms with E-state index in [0.717, 1.165) is 0 Å². The summed E-state index contributed by atoms with van der Waals surface area (Å²) in [6.07, 6.45) is 0.796. The zero-order valence-electron chi connectivity index (χ0n) is 15.6. The molecule has 0 saturated carbocycles. The van der Waals surface area contributed by atoms with Crippen molar-refractivity contribution in [2.24, 2.45) is 0 Å². The van der Waals surface area contributed by atoms with Crippen molar-refractivity contribution in [2.45, 2.75) is 13.0 Å². The first-order chi connectivity index (χ1) is 13.4. The fourth-order valence-corrected chi connectivity index (χ4v) is 2.64. The fraction of sp³-hybridized carbons (Fsp3) is 0.190. The summed E-state index contributed by atoms with van der Waals surface area (Å²) in [5, 5.41) is 0. The van der Waals surface area contributed by atoms with Crippen molar-refractivity contribution in [1.82, 2.24) is 0 Å². The van der Waals surface area contributed by atoms with Gasteiger partial charge in [0.1, 0.15) is 11.5 Å². The van der Waals surface area contributed by atoms with Gasteiger partial charge in [-0.3, -0.25) is 4.79 Å². The summed E-state index contributed by atoms with van der Waals surface area (Å²) < 4.78 is 20.4. The number of allylic oxidation sites excluding steroid dienone is 1. The number of esters is 2. The van der Waals surface area contributed by atoms with E-state index in [-0.39, 0.29) is 11.5 Å². The number of ether oxygens (including phenoxy) is 4. The predicted octanol–water partition coefficient (Wildman–Crippen LogP) is 3.03. The average Bonchev–Trinajstić information content (AvgIpc) is 3.02. The lowest BCUT2D eigenvalue weighted by Gasteiger charge is -2.12. The molecule has 0 amide bonds. The summed E-state index contributed by atoms with van der Waals surface area (Å²) in [7, 11) is 2.59. The predicted molar refractivity (Wildman–Crippen MR) is 99.3 cm³/mol. The third-order valence-corrected chi connectivity index (χ3v) is 4.12. The monoisotopic (exact) mass is 382 g/mol. The van der Waals surface area contributed by atoms with E-state index in [1.807, 2.05) is 0 Å². The molecule has 0 fully saturated rings. The molecule has 1 atom stereocenters. The Kier molecular flexibility index (Phi) is 5.44. The quantitative estimate of drug-likeness (QED) is 0.580. The molecule has 1 aliphatic rings. The van der Waals surface area contributed by atoms with Gasteiger partial charge in [0.25, 0.3) is 0 Å². The van der Waals surface area contributed by atoms with Crippen molar-refractivity contribution in [3.63, 3.8) is 0 Å². The van der Waals surface area contributed by atoms with E-state index < -0.39 is 18.0 Å². The van der Waals surface area contributed by atoms with Gasteiger partial charge in [-0.25, -0.2) is 9.59 Å². The van der Waals surface area contributed by atoms with Crippen molar-refractivity contribution in [3.8, 4) is 11.5 Å². The molecule has 144 valence electrons. The Hall–Kier alpha value is -3.61. The molecule has 0 saturated heterocycles. The lowest BCUT2D eigenvalue weighted by Crippen LogP contribution is -2.24. The maximum Gasteiger partial charge on any atom is 0.346 e. The van der Waals surface area contributed by atoms with Crippen molar-refractivity contribution < 1.29 is 33.3 Å². The zero-order chi connectivity index (χ0) is 20.3. The van der Waals surface area contributed by atoms with Gasteiger partial charge >= 0.3 is 11.9 Å². The maximum absolute atomic E-state index is 12.5. The van der Waals surface area contributed by atoms with Crippen LogP contribution in [0.15, 0.2) is 48.2 Å². The lowest BCUT2D eigenvalue weighted by molar-refractivity contribution is -0.147. The van der Waals surface area contributed by atoms with Gasteiger partial charge in [0.05, 0.1) is 25.3 Å². The van der Waals surface area contributed by atoms with Crippen molar-refractivity contribution in [2.75, 3.05) is 14.2 Å². The molecule has 3 rings (SSSR count). The number of ketones is 1. The molecule has 0 N–H and O–H groups in total. The average molecular weight is 382 g/mol. The second kappa shape index (κ2) is 7.96. The molecule has 0 bridgehead atoms. The summed E-state index contributed by atoms with van der Waals surface area (Å²) in [6, 6.07) is 11.3. The number of benzene rings is 2. The Morgan fingerprint density at radius 1 is 1.04 bits per heavy atom. The van der Waals surface area contributed by atoms with Gasteiger partial charge in [0, 0.05) is 6.07 Å². The van der Waals surface area contributed by atoms with Gasteiger partial charge in [0.2, 0.25) is 5.78 Å². The fourth-order valence-electron chi connectivity index (χ4n) is 2.64. The van der Waals surface area contributed by atoms with E-state index in [1.54, 1.807) is 55.5 Å². The van der Waals surface area contributed by atoms with Crippen LogP contribution in [0.4, 0.5) is 0 Å². The molecule has 7 heteroatoms. The Bertz CT molecular complexity index is 957. The molecule has 0 aromatic heterocycles. The summed E-state index contributed by atoms with van der Waals surface area (Å²) in [6.45, 7) is 1.56. The van der Waals surface area contributed by atoms with Crippen LogP contribution in [0.5, 0.6) is 11.5 Å². The summed E-state index contributed by atoms with van der Waals surface area (Å²) >= 11 is 0. The topological polar surface area (TPSA) is 88.1 Å². The third-order valence-electron chi connectivity index (χ3n) is 4.12. The highest BCUT2D eigenvalue weighted by Gasteiger charge is 2.28. The van der Waals surface area contributed by atoms with Gasteiger partial charge < -0.3 is 18.9 Å². The van der Waals surface area contributed by atoms with Crippen molar-refractivity contribution in [1.29, 1.82) is 0 Å². The molecular weight excluding hydrogens is 364 g/mol. The Labute approximate surface area is 161 Å². The highest BCUT2D eigenvalue weighted by molar-refractivity contribution is 6.14. The van der Waals surface area contributed by atoms with Gasteiger partial charge in [0.15, 0.2) is 11.9 Å². The molecule has 7 nitrogen and oxygen atoms in total. The molecule has 2 aromatic carbocycles. The van der Waals surface area contributed by atoms with Crippen LogP contribution in [0.2, 0.25) is 0 Å². The largest absolute Gasteiger partial charge is 0.479 e. The molecule has 2 aromatic rings. The zero-order valence-corrected chi connectivity index (χ0v) is 15.6. The maximum atomic E-state index is 12.5. The van der Waals surface area contributed by atoms with Gasteiger partial charge in [-0.05, 0) is 42.8 Å². The van der Waals surface area contributed by atoms with Crippen LogP contribution in [0.3, 0.4) is 0 Å². The SMILES string of the molecule is COC(=O)c1ccc(/C=C2\Oc3cc(O[C@H](C)C(=O)OC)ccc3C2=O)cc1. The first-order valence-corrected chi connectivity index (χ1v) is 8.44. The van der Waals surface area contributed by atoms with Crippen LogP contribution in [-0.4, -0.2) is 38.0 Å². The number of hydrogen-bond donors (Lipinski definition) is 0. The number of Topliss-reactive ketones (excluding diaryl/α,β-unsaturated/α-hetero) is 1. The Balaban J connectivity index is 1.78. The number of fused-ring (bicyclic) bond motifs is 1. The van der Waals surface area contributed by atoms with Crippen LogP contribution in [-0.2, 0) is 14.3 Å². The number of carbonyl (C=O) groups is 3. The van der Waals surface area contributed by atoms with E-state index in [4.69, 9.17) is 9.47 Å². The first kappa shape index (κ1) is 19.2. The van der Waals surface area contributed by atoms with Gasteiger partial charge in [-0.15, -0.1) is 0 Å². The Morgan fingerprint density at radius 3 is 2.39 bits per heavy atom. The van der Waals surface area contributed by atoms with Crippen LogP contribution >= 0.6 is 0 Å². The highest BCUT2D eigenvalue weighted by atomic mass is 16.6. The lowest BCUT2D eigenvalue weighted by atomic mass is 10.1. The third kappa shape index (κ3) is 3.88. The standard InChI is InChI=1S/C21H18O7/c1-12(20(23)25-2)27-15-8-9-16-17(11-15)28-18(19(16)22)10-13-4-6-14(7-5-13)21(24)26-3/h4-12H,1-3H3/b18-10-/t12-/m1/s1. The molecule has 1 aliphatic heterocycles. The van der Waals surface area contributed by atoms with Crippen molar-refractivity contribution in [3.05, 3.63) is 64.9 Å². The molecule has 0 aliphatic carbocycles. The highest BCUT2D eigenvalue weighted by Crippen LogP contribution is 2.35. The summed E-state index contributed by atoms with van der Waals surface area (Å²) in [5.74, 6) is -0.328. The molecule has 28 heavy (non-hydrogen) atoms. The first-order valence-electron chi connectivity index (χ1n) is 8.44. The van der Waals surface area contributed by atoms with E-state index in [0.29, 0.717) is 28.2 Å². The van der Waals surface area contributed by atoms with Crippen LogP contribution in [0.1, 0.15) is 33.2 Å². The van der Waals surface area contributed by atoms with E-state index >= 15 is 0 Å². The van der Waals surface area contributed by atoms with Crippen molar-refractivity contribution >= 4 is 23.8 Å². The second-order valence-corrected chi connectivity index (χ2v) is 5.99. The molecule has 0 unspecified atom stereocenters. The van der Waals surface area contributed by atoms with E-state index in [9.17, 15) is 14.4 Å². The van der Waals surface area contributed by atoms with Crippen LogP contribution < -0.4 is 9.47 Å². The minimum atomic E-state index is -0.788. The normalized spacial score (nSPS) is 14.8. The molecular formula is C21H18O7. The molecule has 0 spiro atoms. The van der Waals surface area contributed by atoms with E-state index in [1.165, 1.54) is 14.2 Å². The summed E-state index contributed by atoms with van der Waals surface area (Å²) in [4.78, 5) is 35.5. The minimum absolute atomic E-state index is 0.152. The van der Waals surface area contributed by atoms with Gasteiger partial charge in [-0.2, -0.15) is 0 Å². The number of methoxy groups -OCH3 is 2. The number of rotatable bonds is 5. The molecule has 1 heterocycles. The smallest absolute Gasteiger partial charge is 0.346 e. The Morgan fingerprint density at radius 2 is 1.75 bits per heavy atom. The molecule has 0 radical (unpaired) electrons. The second-order valence-electron chi connectivity index (χ2n) is 5.99. The number of hydrogen-bond acceptors (Lipinski definition) is 7. The van der Waals surface area contributed by atoms with Crippen LogP contribution in [0.25, 0.3) is 6.08 Å². The van der Waals surface area contributed by atoms with Gasteiger partial charge in [-0.1, -0.05) is 12.1 Å². The van der Waals surface area contributed by atoms with E-state index in [2.05, 4.69) is 9.47 Å². The minimum Gasteiger partial charge on any atom is -0.479 e. The van der Waals surface area contributed by atoms with Crippen LogP contribution in [0, 0.1) is 0 Å².